The van der Waals surface area contributed by atoms with Gasteiger partial charge in [0.2, 0.25) is 5.91 Å². The monoisotopic (exact) mass is 806 g/mol. The number of benzene rings is 1. The summed E-state index contributed by atoms with van der Waals surface area (Å²) in [4.78, 5) is 42.0. The van der Waals surface area contributed by atoms with Crippen molar-refractivity contribution in [3.8, 4) is 0 Å². The van der Waals surface area contributed by atoms with Crippen molar-refractivity contribution in [2.24, 2.45) is 5.92 Å². The van der Waals surface area contributed by atoms with Crippen LogP contribution in [0, 0.1) is 5.92 Å². The molecule has 1 aliphatic rings. The van der Waals surface area contributed by atoms with E-state index < -0.39 is 61.3 Å². The van der Waals surface area contributed by atoms with Gasteiger partial charge in [0.15, 0.2) is 6.23 Å². The molecule has 0 unspecified atom stereocenters. The number of ether oxygens (including phenoxy) is 3. The summed E-state index contributed by atoms with van der Waals surface area (Å²) in [6, 6.07) is 6.84. The van der Waals surface area contributed by atoms with Gasteiger partial charge in [-0.25, -0.2) is 9.59 Å². The Balaban J connectivity index is 2.14. The zero-order valence-corrected chi connectivity index (χ0v) is 35.8. The van der Waals surface area contributed by atoms with Gasteiger partial charge in [0.1, 0.15) is 37.0 Å². The van der Waals surface area contributed by atoms with Gasteiger partial charge in [-0.3, -0.25) is 9.69 Å². The number of carbonyl (C=O) groups is 3. The lowest BCUT2D eigenvalue weighted by atomic mass is 9.94. The smallest absolute Gasteiger partial charge is 0.411 e. The van der Waals surface area contributed by atoms with E-state index in [-0.39, 0.29) is 32.1 Å². The molecule has 328 valence electrons. The summed E-state index contributed by atoms with van der Waals surface area (Å²) in [5.74, 6) is -0.637. The molecule has 1 heterocycles. The summed E-state index contributed by atoms with van der Waals surface area (Å²) >= 11 is 0. The molecule has 0 aliphatic carbocycles. The number of alkyl carbamates (subject to hydrolysis) is 1. The number of carbonyl (C=O) groups excluding carboxylic acids is 3. The maximum absolute atomic E-state index is 13.9. The number of rotatable bonds is 31. The Labute approximate surface area is 344 Å². The molecule has 0 bridgehead atoms. The SMILES string of the molecule is CCCCCCCCCCCCOC(=O)N(CCCCCCCCCCCC)[C@@H]1O[C@H](CO)[C@@H](O)[C@H](O)[C@H]1NC(=O)[C@H](CC(C)C)NC(=O)OCc1ccccc1. The molecule has 0 radical (unpaired) electrons. The number of hydrogen-bond donors (Lipinski definition) is 5. The first-order chi connectivity index (χ1) is 27.6. The molecule has 0 aromatic heterocycles. The first-order valence-electron chi connectivity index (χ1n) is 22.5. The van der Waals surface area contributed by atoms with Crippen LogP contribution in [0.3, 0.4) is 0 Å². The van der Waals surface area contributed by atoms with Gasteiger partial charge < -0.3 is 40.2 Å². The lowest BCUT2D eigenvalue weighted by molar-refractivity contribution is -0.226. The second-order valence-electron chi connectivity index (χ2n) is 16.3. The number of amides is 3. The largest absolute Gasteiger partial charge is 0.449 e. The van der Waals surface area contributed by atoms with E-state index in [0.29, 0.717) is 12.8 Å². The third kappa shape index (κ3) is 21.1. The van der Waals surface area contributed by atoms with E-state index in [1.807, 2.05) is 44.2 Å². The van der Waals surface area contributed by atoms with Crippen LogP contribution in [0.15, 0.2) is 30.3 Å². The van der Waals surface area contributed by atoms with Crippen LogP contribution in [0.4, 0.5) is 9.59 Å². The molecule has 12 nitrogen and oxygen atoms in total. The molecule has 6 atom stereocenters. The van der Waals surface area contributed by atoms with E-state index in [0.717, 1.165) is 44.1 Å². The molecular weight excluding hydrogens is 727 g/mol. The summed E-state index contributed by atoms with van der Waals surface area (Å²) in [6.07, 6.45) is 15.7. The fraction of sp³-hybridized carbons (Fsp3) is 0.800. The molecule has 1 aromatic rings. The third-order valence-electron chi connectivity index (χ3n) is 10.8. The Hall–Kier alpha value is -2.93. The van der Waals surface area contributed by atoms with Crippen LogP contribution in [0.2, 0.25) is 0 Å². The van der Waals surface area contributed by atoms with Crippen molar-refractivity contribution < 1.29 is 43.9 Å². The van der Waals surface area contributed by atoms with Crippen LogP contribution in [0.5, 0.6) is 0 Å². The average molecular weight is 806 g/mol. The fourth-order valence-electron chi connectivity index (χ4n) is 7.32. The lowest BCUT2D eigenvalue weighted by Crippen LogP contribution is -2.70. The molecule has 12 heteroatoms. The Morgan fingerprint density at radius 2 is 1.26 bits per heavy atom. The zero-order valence-electron chi connectivity index (χ0n) is 35.8. The maximum atomic E-state index is 13.9. The highest BCUT2D eigenvalue weighted by molar-refractivity contribution is 5.86. The third-order valence-corrected chi connectivity index (χ3v) is 10.8. The molecular formula is C45H79N3O9. The van der Waals surface area contributed by atoms with Gasteiger partial charge in [0, 0.05) is 6.54 Å². The van der Waals surface area contributed by atoms with Gasteiger partial charge in [0.25, 0.3) is 0 Å². The molecule has 2 rings (SSSR count). The van der Waals surface area contributed by atoms with Gasteiger partial charge in [0.05, 0.1) is 13.2 Å². The highest BCUT2D eigenvalue weighted by Crippen LogP contribution is 2.26. The first-order valence-corrected chi connectivity index (χ1v) is 22.5. The van der Waals surface area contributed by atoms with E-state index in [1.54, 1.807) is 0 Å². The van der Waals surface area contributed by atoms with Gasteiger partial charge in [-0.1, -0.05) is 174 Å². The highest BCUT2D eigenvalue weighted by Gasteiger charge is 2.49. The van der Waals surface area contributed by atoms with E-state index in [4.69, 9.17) is 14.2 Å². The molecule has 3 amide bonds. The van der Waals surface area contributed by atoms with Crippen LogP contribution < -0.4 is 10.6 Å². The molecule has 1 aliphatic heterocycles. The van der Waals surface area contributed by atoms with Crippen molar-refractivity contribution in [1.29, 1.82) is 0 Å². The van der Waals surface area contributed by atoms with Gasteiger partial charge in [-0.2, -0.15) is 0 Å². The quantitative estimate of drug-likeness (QED) is 0.0462. The van der Waals surface area contributed by atoms with Crippen LogP contribution in [-0.2, 0) is 25.6 Å². The van der Waals surface area contributed by atoms with Crippen LogP contribution in [-0.4, -0.2) is 94.7 Å². The Bertz CT molecular complexity index is 1190. The summed E-state index contributed by atoms with van der Waals surface area (Å²) in [6.45, 7) is 8.11. The lowest BCUT2D eigenvalue weighted by Gasteiger charge is -2.46. The first kappa shape index (κ1) is 50.2. The Morgan fingerprint density at radius 3 is 1.79 bits per heavy atom. The topological polar surface area (TPSA) is 167 Å². The highest BCUT2D eigenvalue weighted by atomic mass is 16.6. The second kappa shape index (κ2) is 31.1. The van der Waals surface area contributed by atoms with Crippen molar-refractivity contribution in [1.82, 2.24) is 15.5 Å². The molecule has 0 saturated carbocycles. The number of nitrogens with zero attached hydrogens (tertiary/aromatic N) is 1. The van der Waals surface area contributed by atoms with Crippen molar-refractivity contribution in [3.63, 3.8) is 0 Å². The minimum absolute atomic E-state index is 0.00327. The van der Waals surface area contributed by atoms with Gasteiger partial charge >= 0.3 is 12.2 Å². The number of aliphatic hydroxyl groups is 3. The Kier molecular flexibility index (Phi) is 27.4. The molecule has 5 N–H and O–H groups in total. The number of aliphatic hydroxyl groups excluding tert-OH is 3. The summed E-state index contributed by atoms with van der Waals surface area (Å²) < 4.78 is 17.3. The predicted octanol–water partition coefficient (Wildman–Crippen LogP) is 8.53. The van der Waals surface area contributed by atoms with E-state index in [1.165, 1.54) is 81.9 Å². The van der Waals surface area contributed by atoms with Gasteiger partial charge in [-0.15, -0.1) is 0 Å². The average Bonchev–Trinajstić information content (AvgIpc) is 3.20. The second-order valence-corrected chi connectivity index (χ2v) is 16.3. The predicted molar refractivity (Wildman–Crippen MR) is 224 cm³/mol. The fourth-order valence-corrected chi connectivity index (χ4v) is 7.32. The normalized spacial score (nSPS) is 19.9. The zero-order chi connectivity index (χ0) is 41.7. The van der Waals surface area contributed by atoms with E-state index >= 15 is 0 Å². The number of unbranched alkanes of at least 4 members (excludes halogenated alkanes) is 18. The number of nitrogens with one attached hydrogen (secondary N) is 2. The minimum Gasteiger partial charge on any atom is -0.449 e. The van der Waals surface area contributed by atoms with Crippen molar-refractivity contribution >= 4 is 18.1 Å². The molecule has 57 heavy (non-hydrogen) atoms. The molecule has 1 saturated heterocycles. The van der Waals surface area contributed by atoms with Crippen LogP contribution in [0.25, 0.3) is 0 Å². The van der Waals surface area contributed by atoms with Gasteiger partial charge in [-0.05, 0) is 30.7 Å². The molecule has 1 aromatic carbocycles. The van der Waals surface area contributed by atoms with Crippen LogP contribution >= 0.6 is 0 Å². The standard InChI is InChI=1S/C45H79N3O9/c1-5-7-9-11-13-15-17-19-21-26-30-48(45(54)55-31-27-22-20-18-16-14-12-10-8-6-2)43-39(41(51)40(50)38(33-49)57-43)47-42(52)37(32-35(3)4)46-44(53)56-34-36-28-24-23-25-29-36/h23-25,28-29,35,37-41,43,49-51H,5-22,26-27,30-34H2,1-4H3,(H,46,53)(H,47,52)/t37-,38+,39+,40+,41+,43+/m0/s1. The van der Waals surface area contributed by atoms with E-state index in [2.05, 4.69) is 24.5 Å². The van der Waals surface area contributed by atoms with Crippen molar-refractivity contribution in [2.75, 3.05) is 19.8 Å². The molecule has 0 spiro atoms. The minimum atomic E-state index is -1.60. The summed E-state index contributed by atoms with van der Waals surface area (Å²) in [5.41, 5.74) is 0.790. The number of hydrogen-bond acceptors (Lipinski definition) is 9. The van der Waals surface area contributed by atoms with Crippen LogP contribution in [0.1, 0.15) is 168 Å². The van der Waals surface area contributed by atoms with Crippen molar-refractivity contribution in [2.45, 2.75) is 206 Å². The van der Waals surface area contributed by atoms with E-state index in [9.17, 15) is 29.7 Å². The molecule has 1 fully saturated rings. The van der Waals surface area contributed by atoms with Crippen molar-refractivity contribution in [3.05, 3.63) is 35.9 Å². The Morgan fingerprint density at radius 1 is 0.737 bits per heavy atom. The summed E-state index contributed by atoms with van der Waals surface area (Å²) in [7, 11) is 0. The summed E-state index contributed by atoms with van der Waals surface area (Å²) in [5, 5.41) is 37.9. The maximum Gasteiger partial charge on any atom is 0.411 e.